The lowest BCUT2D eigenvalue weighted by Gasteiger charge is -2.30. The summed E-state index contributed by atoms with van der Waals surface area (Å²) in [6.07, 6.45) is 6.15. The monoisotopic (exact) mass is 254 g/mol. The van der Waals surface area contributed by atoms with Gasteiger partial charge in [-0.15, -0.1) is 0 Å². The van der Waals surface area contributed by atoms with Crippen LogP contribution in [-0.4, -0.2) is 42.2 Å². The van der Waals surface area contributed by atoms with E-state index < -0.39 is 0 Å². The molecule has 0 aromatic carbocycles. The molecule has 2 rings (SSSR count). The number of carbonyl (C=O) groups excluding carboxylic acids is 1. The molecule has 1 saturated carbocycles. The molecule has 0 bridgehead atoms. The van der Waals surface area contributed by atoms with Gasteiger partial charge in [0.2, 0.25) is 5.91 Å². The summed E-state index contributed by atoms with van der Waals surface area (Å²) in [4.78, 5) is 14.4. The molecule has 1 atom stereocenters. The van der Waals surface area contributed by atoms with Gasteiger partial charge in [-0.2, -0.15) is 0 Å². The van der Waals surface area contributed by atoms with Crippen LogP contribution in [0.1, 0.15) is 38.5 Å². The normalized spacial score (nSPS) is 32.8. The molecule has 4 nitrogen and oxygen atoms in total. The Morgan fingerprint density at radius 2 is 1.89 bits per heavy atom. The van der Waals surface area contributed by atoms with E-state index in [9.17, 15) is 4.79 Å². The van der Waals surface area contributed by atoms with Crippen LogP contribution in [-0.2, 0) is 4.79 Å². The van der Waals surface area contributed by atoms with E-state index in [1.807, 2.05) is 4.90 Å². The van der Waals surface area contributed by atoms with Crippen LogP contribution in [0.5, 0.6) is 0 Å². The minimum absolute atomic E-state index is 0.237. The molecular formula is C14H26N2O2. The van der Waals surface area contributed by atoms with Gasteiger partial charge >= 0.3 is 0 Å². The molecule has 1 aliphatic heterocycles. The third kappa shape index (κ3) is 3.23. The third-order valence-corrected chi connectivity index (χ3v) is 4.66. The van der Waals surface area contributed by atoms with E-state index in [4.69, 9.17) is 10.8 Å². The Hall–Kier alpha value is -0.610. The quantitative estimate of drug-likeness (QED) is 0.786. The van der Waals surface area contributed by atoms with Crippen LogP contribution >= 0.6 is 0 Å². The van der Waals surface area contributed by atoms with Gasteiger partial charge < -0.3 is 15.7 Å². The zero-order valence-electron chi connectivity index (χ0n) is 11.2. The SMILES string of the molecule is NCC1CCC(C(=O)N2CCC(CCO)C2)CC1. The number of likely N-dealkylation sites (tertiary alicyclic amines) is 1. The second-order valence-electron chi connectivity index (χ2n) is 5.90. The standard InChI is InChI=1S/C14H26N2O2/c15-9-11-1-3-13(4-2-11)14(18)16-7-5-12(10-16)6-8-17/h11-13,17H,1-10,15H2. The molecule has 0 aromatic heterocycles. The highest BCUT2D eigenvalue weighted by molar-refractivity contribution is 5.79. The molecule has 2 fully saturated rings. The summed E-state index contributed by atoms with van der Waals surface area (Å²) in [5, 5.41) is 8.94. The molecule has 0 aromatic rings. The highest BCUT2D eigenvalue weighted by Crippen LogP contribution is 2.31. The summed E-state index contributed by atoms with van der Waals surface area (Å²) in [5.41, 5.74) is 5.68. The van der Waals surface area contributed by atoms with Crippen LogP contribution in [0.3, 0.4) is 0 Å². The Labute approximate surface area is 110 Å². The lowest BCUT2D eigenvalue weighted by molar-refractivity contribution is -0.135. The Morgan fingerprint density at radius 3 is 2.50 bits per heavy atom. The predicted molar refractivity (Wildman–Crippen MR) is 70.9 cm³/mol. The zero-order chi connectivity index (χ0) is 13.0. The van der Waals surface area contributed by atoms with Gasteiger partial charge in [0.15, 0.2) is 0 Å². The fourth-order valence-electron chi connectivity index (χ4n) is 3.35. The largest absolute Gasteiger partial charge is 0.396 e. The van der Waals surface area contributed by atoms with Crippen molar-refractivity contribution in [1.29, 1.82) is 0 Å². The van der Waals surface area contributed by atoms with Gasteiger partial charge in [-0.1, -0.05) is 0 Å². The number of nitrogens with two attached hydrogens (primary N) is 1. The van der Waals surface area contributed by atoms with E-state index in [1.54, 1.807) is 0 Å². The summed E-state index contributed by atoms with van der Waals surface area (Å²) in [6, 6.07) is 0. The van der Waals surface area contributed by atoms with Crippen molar-refractivity contribution >= 4 is 5.91 Å². The van der Waals surface area contributed by atoms with E-state index >= 15 is 0 Å². The average molecular weight is 254 g/mol. The summed E-state index contributed by atoms with van der Waals surface area (Å²) >= 11 is 0. The van der Waals surface area contributed by atoms with Crippen molar-refractivity contribution in [3.8, 4) is 0 Å². The first kappa shape index (κ1) is 13.8. The maximum Gasteiger partial charge on any atom is 0.225 e. The maximum atomic E-state index is 12.4. The van der Waals surface area contributed by atoms with Gasteiger partial charge in [0, 0.05) is 25.6 Å². The molecule has 1 amide bonds. The van der Waals surface area contributed by atoms with E-state index in [-0.39, 0.29) is 12.5 Å². The van der Waals surface area contributed by atoms with E-state index in [0.717, 1.165) is 58.2 Å². The van der Waals surface area contributed by atoms with Crippen LogP contribution in [0.25, 0.3) is 0 Å². The van der Waals surface area contributed by atoms with Crippen molar-refractivity contribution in [3.05, 3.63) is 0 Å². The minimum atomic E-state index is 0.237. The van der Waals surface area contributed by atoms with Gasteiger partial charge in [-0.3, -0.25) is 4.79 Å². The number of hydrogen-bond acceptors (Lipinski definition) is 3. The van der Waals surface area contributed by atoms with Gasteiger partial charge in [-0.25, -0.2) is 0 Å². The van der Waals surface area contributed by atoms with Gasteiger partial charge in [-0.05, 0) is 56.9 Å². The van der Waals surface area contributed by atoms with Crippen molar-refractivity contribution in [3.63, 3.8) is 0 Å². The summed E-state index contributed by atoms with van der Waals surface area (Å²) in [6.45, 7) is 2.76. The number of carbonyl (C=O) groups is 1. The molecule has 18 heavy (non-hydrogen) atoms. The first-order valence-electron chi connectivity index (χ1n) is 7.34. The number of hydrogen-bond donors (Lipinski definition) is 2. The predicted octanol–water partition coefficient (Wildman–Crippen LogP) is 0.982. The van der Waals surface area contributed by atoms with E-state index in [2.05, 4.69) is 0 Å². The Bertz CT molecular complexity index is 271. The number of aliphatic hydroxyl groups is 1. The van der Waals surface area contributed by atoms with Crippen molar-refractivity contribution in [2.75, 3.05) is 26.2 Å². The lowest BCUT2D eigenvalue weighted by Crippen LogP contribution is -2.37. The minimum Gasteiger partial charge on any atom is -0.396 e. The molecule has 3 N–H and O–H groups in total. The smallest absolute Gasteiger partial charge is 0.225 e. The van der Waals surface area contributed by atoms with Crippen LogP contribution in [0.15, 0.2) is 0 Å². The zero-order valence-corrected chi connectivity index (χ0v) is 11.2. The molecule has 4 heteroatoms. The second-order valence-corrected chi connectivity index (χ2v) is 5.90. The molecule has 104 valence electrons. The van der Waals surface area contributed by atoms with Crippen molar-refractivity contribution in [2.45, 2.75) is 38.5 Å². The molecule has 0 radical (unpaired) electrons. The summed E-state index contributed by atoms with van der Waals surface area (Å²) in [5.74, 6) is 1.74. The van der Waals surface area contributed by atoms with Crippen LogP contribution < -0.4 is 5.73 Å². The highest BCUT2D eigenvalue weighted by atomic mass is 16.3. The average Bonchev–Trinajstić information content (AvgIpc) is 2.87. The molecule has 0 spiro atoms. The fraction of sp³-hybridized carbons (Fsp3) is 0.929. The first-order chi connectivity index (χ1) is 8.74. The number of rotatable bonds is 4. The van der Waals surface area contributed by atoms with E-state index in [0.29, 0.717) is 17.7 Å². The maximum absolute atomic E-state index is 12.4. The Morgan fingerprint density at radius 1 is 1.17 bits per heavy atom. The topological polar surface area (TPSA) is 66.6 Å². The van der Waals surface area contributed by atoms with Crippen LogP contribution in [0, 0.1) is 17.8 Å². The molecular weight excluding hydrogens is 228 g/mol. The lowest BCUT2D eigenvalue weighted by atomic mass is 9.81. The molecule has 1 heterocycles. The third-order valence-electron chi connectivity index (χ3n) is 4.66. The Balaban J connectivity index is 1.78. The number of aliphatic hydroxyl groups excluding tert-OH is 1. The van der Waals surface area contributed by atoms with Crippen LogP contribution in [0.2, 0.25) is 0 Å². The van der Waals surface area contributed by atoms with Crippen molar-refractivity contribution in [1.82, 2.24) is 4.90 Å². The van der Waals surface area contributed by atoms with Gasteiger partial charge in [0.1, 0.15) is 0 Å². The molecule has 2 aliphatic rings. The van der Waals surface area contributed by atoms with Crippen LogP contribution in [0.4, 0.5) is 0 Å². The number of amides is 1. The molecule has 1 unspecified atom stereocenters. The number of nitrogens with zero attached hydrogens (tertiary/aromatic N) is 1. The summed E-state index contributed by atoms with van der Waals surface area (Å²) < 4.78 is 0. The first-order valence-corrected chi connectivity index (χ1v) is 7.34. The highest BCUT2D eigenvalue weighted by Gasteiger charge is 2.32. The Kier molecular flexibility index (Phi) is 5.01. The molecule has 1 aliphatic carbocycles. The van der Waals surface area contributed by atoms with E-state index in [1.165, 1.54) is 0 Å². The van der Waals surface area contributed by atoms with Gasteiger partial charge in [0.25, 0.3) is 0 Å². The fourth-order valence-corrected chi connectivity index (χ4v) is 3.35. The summed E-state index contributed by atoms with van der Waals surface area (Å²) in [7, 11) is 0. The second kappa shape index (κ2) is 6.53. The van der Waals surface area contributed by atoms with Gasteiger partial charge in [0.05, 0.1) is 0 Å². The van der Waals surface area contributed by atoms with Crippen molar-refractivity contribution < 1.29 is 9.90 Å². The van der Waals surface area contributed by atoms with Crippen molar-refractivity contribution in [2.24, 2.45) is 23.5 Å². The molecule has 1 saturated heterocycles.